The zero-order chi connectivity index (χ0) is 13.5. The molecule has 1 aromatic carbocycles. The fourth-order valence-corrected chi connectivity index (χ4v) is 1.77. The Kier molecular flexibility index (Phi) is 5.95. The third-order valence-electron chi connectivity index (χ3n) is 2.69. The number of anilines is 1. The number of aryl methyl sites for hydroxylation is 1. The molecule has 18 heavy (non-hydrogen) atoms. The third-order valence-corrected chi connectivity index (χ3v) is 3.01. The van der Waals surface area contributed by atoms with Crippen LogP contribution < -0.4 is 10.6 Å². The average Bonchev–Trinajstić information content (AvgIpc) is 2.34. The molecular weight excluding hydrogens is 252 g/mol. The minimum Gasteiger partial charge on any atom is -0.393 e. The highest BCUT2D eigenvalue weighted by Crippen LogP contribution is 2.24. The van der Waals surface area contributed by atoms with Gasteiger partial charge in [-0.3, -0.25) is 0 Å². The molecule has 0 radical (unpaired) electrons. The molecule has 1 unspecified atom stereocenters. The number of carbonyl (C=O) groups excluding carboxylic acids is 1. The smallest absolute Gasteiger partial charge is 0.319 e. The number of nitrogens with one attached hydrogen (secondary N) is 2. The maximum absolute atomic E-state index is 11.6. The van der Waals surface area contributed by atoms with E-state index in [0.29, 0.717) is 30.1 Å². The second-order valence-electron chi connectivity index (χ2n) is 4.16. The highest BCUT2D eigenvalue weighted by atomic mass is 35.5. The third kappa shape index (κ3) is 4.55. The van der Waals surface area contributed by atoms with Crippen molar-refractivity contribution in [2.45, 2.75) is 32.8 Å². The summed E-state index contributed by atoms with van der Waals surface area (Å²) in [7, 11) is 0. The molecule has 5 heteroatoms. The van der Waals surface area contributed by atoms with Gasteiger partial charge in [-0.1, -0.05) is 30.7 Å². The number of para-hydroxylation sites is 1. The fraction of sp³-hybridized carbons (Fsp3) is 0.462. The molecule has 1 rings (SSSR count). The lowest BCUT2D eigenvalue weighted by Gasteiger charge is -2.12. The van der Waals surface area contributed by atoms with Crippen molar-refractivity contribution in [2.24, 2.45) is 0 Å². The minimum absolute atomic E-state index is 0.311. The van der Waals surface area contributed by atoms with Gasteiger partial charge in [0.15, 0.2) is 0 Å². The SMILES string of the molecule is CCC(O)CCNC(=O)Nc1c(C)cccc1Cl. The lowest BCUT2D eigenvalue weighted by Crippen LogP contribution is -2.31. The Balaban J connectivity index is 2.45. The van der Waals surface area contributed by atoms with Crippen molar-refractivity contribution < 1.29 is 9.90 Å². The Morgan fingerprint density at radius 3 is 2.83 bits per heavy atom. The topological polar surface area (TPSA) is 61.4 Å². The van der Waals surface area contributed by atoms with Gasteiger partial charge in [0.2, 0.25) is 0 Å². The first-order valence-electron chi connectivity index (χ1n) is 6.02. The molecule has 0 spiro atoms. The van der Waals surface area contributed by atoms with E-state index < -0.39 is 0 Å². The van der Waals surface area contributed by atoms with Crippen LogP contribution in [0.1, 0.15) is 25.3 Å². The summed E-state index contributed by atoms with van der Waals surface area (Å²) in [4.78, 5) is 11.6. The Bertz CT molecular complexity index is 390. The largest absolute Gasteiger partial charge is 0.393 e. The Morgan fingerprint density at radius 1 is 1.50 bits per heavy atom. The van der Waals surface area contributed by atoms with Crippen LogP contribution in [0.15, 0.2) is 18.2 Å². The zero-order valence-electron chi connectivity index (χ0n) is 10.7. The molecule has 0 heterocycles. The summed E-state index contributed by atoms with van der Waals surface area (Å²) >= 11 is 6.00. The van der Waals surface area contributed by atoms with E-state index in [0.717, 1.165) is 5.56 Å². The summed E-state index contributed by atoms with van der Waals surface area (Å²) in [6, 6.07) is 5.13. The van der Waals surface area contributed by atoms with Gasteiger partial charge in [0.05, 0.1) is 16.8 Å². The van der Waals surface area contributed by atoms with Crippen molar-refractivity contribution in [3.63, 3.8) is 0 Å². The molecule has 4 nitrogen and oxygen atoms in total. The van der Waals surface area contributed by atoms with Crippen LogP contribution in [0.5, 0.6) is 0 Å². The number of rotatable bonds is 5. The number of benzene rings is 1. The van der Waals surface area contributed by atoms with E-state index in [1.807, 2.05) is 26.0 Å². The summed E-state index contributed by atoms with van der Waals surface area (Å²) in [6.45, 7) is 4.21. The van der Waals surface area contributed by atoms with Crippen molar-refractivity contribution in [2.75, 3.05) is 11.9 Å². The van der Waals surface area contributed by atoms with E-state index in [4.69, 9.17) is 11.6 Å². The average molecular weight is 271 g/mol. The molecule has 2 amide bonds. The molecule has 1 atom stereocenters. The number of urea groups is 1. The van der Waals surface area contributed by atoms with Gasteiger partial charge in [-0.05, 0) is 31.4 Å². The maximum atomic E-state index is 11.6. The molecule has 3 N–H and O–H groups in total. The van der Waals surface area contributed by atoms with E-state index in [-0.39, 0.29) is 12.1 Å². The van der Waals surface area contributed by atoms with E-state index in [9.17, 15) is 9.90 Å². The summed E-state index contributed by atoms with van der Waals surface area (Å²) in [5.74, 6) is 0. The summed E-state index contributed by atoms with van der Waals surface area (Å²) in [5.41, 5.74) is 1.53. The highest BCUT2D eigenvalue weighted by molar-refractivity contribution is 6.33. The van der Waals surface area contributed by atoms with E-state index in [2.05, 4.69) is 10.6 Å². The first-order valence-corrected chi connectivity index (χ1v) is 6.40. The Labute approximate surface area is 112 Å². The standard InChI is InChI=1S/C13H19ClN2O2/c1-3-10(17)7-8-15-13(18)16-12-9(2)5-4-6-11(12)14/h4-6,10,17H,3,7-8H2,1-2H3,(H2,15,16,18). The van der Waals surface area contributed by atoms with Crippen LogP contribution in [-0.2, 0) is 0 Å². The van der Waals surface area contributed by atoms with Gasteiger partial charge in [-0.15, -0.1) is 0 Å². The Hall–Kier alpha value is -1.26. The number of hydrogen-bond acceptors (Lipinski definition) is 2. The predicted molar refractivity (Wildman–Crippen MR) is 74.1 cm³/mol. The van der Waals surface area contributed by atoms with Crippen LogP contribution in [0, 0.1) is 6.92 Å². The molecular formula is C13H19ClN2O2. The van der Waals surface area contributed by atoms with Crippen LogP contribution in [0.4, 0.5) is 10.5 Å². The highest BCUT2D eigenvalue weighted by Gasteiger charge is 2.08. The first kappa shape index (κ1) is 14.8. The Morgan fingerprint density at radius 2 is 2.22 bits per heavy atom. The molecule has 0 saturated carbocycles. The number of hydrogen-bond donors (Lipinski definition) is 3. The number of halogens is 1. The molecule has 0 aliphatic carbocycles. The quantitative estimate of drug-likeness (QED) is 0.770. The van der Waals surface area contributed by atoms with Gasteiger partial charge >= 0.3 is 6.03 Å². The van der Waals surface area contributed by atoms with E-state index in [1.165, 1.54) is 0 Å². The van der Waals surface area contributed by atoms with Crippen molar-refractivity contribution >= 4 is 23.3 Å². The van der Waals surface area contributed by atoms with Crippen molar-refractivity contribution in [3.8, 4) is 0 Å². The van der Waals surface area contributed by atoms with Gasteiger partial charge in [0.25, 0.3) is 0 Å². The van der Waals surface area contributed by atoms with Crippen LogP contribution in [0.25, 0.3) is 0 Å². The molecule has 0 aliphatic rings. The van der Waals surface area contributed by atoms with Crippen molar-refractivity contribution in [3.05, 3.63) is 28.8 Å². The second kappa shape index (κ2) is 7.24. The predicted octanol–water partition coefficient (Wildman–Crippen LogP) is 2.93. The normalized spacial score (nSPS) is 12.0. The molecule has 0 aliphatic heterocycles. The molecule has 0 aromatic heterocycles. The van der Waals surface area contributed by atoms with Gasteiger partial charge in [-0.25, -0.2) is 4.79 Å². The molecule has 1 aromatic rings. The van der Waals surface area contributed by atoms with Crippen LogP contribution in [0.3, 0.4) is 0 Å². The second-order valence-corrected chi connectivity index (χ2v) is 4.57. The van der Waals surface area contributed by atoms with E-state index in [1.54, 1.807) is 6.07 Å². The number of amides is 2. The number of aliphatic hydroxyl groups is 1. The maximum Gasteiger partial charge on any atom is 0.319 e. The summed E-state index contributed by atoms with van der Waals surface area (Å²) in [6.07, 6.45) is 0.866. The fourth-order valence-electron chi connectivity index (χ4n) is 1.50. The monoisotopic (exact) mass is 270 g/mol. The molecule has 0 saturated heterocycles. The zero-order valence-corrected chi connectivity index (χ0v) is 11.4. The van der Waals surface area contributed by atoms with Crippen LogP contribution in [-0.4, -0.2) is 23.8 Å². The lowest BCUT2D eigenvalue weighted by molar-refractivity contribution is 0.160. The van der Waals surface area contributed by atoms with Gasteiger partial charge in [0.1, 0.15) is 0 Å². The van der Waals surface area contributed by atoms with E-state index >= 15 is 0 Å². The first-order chi connectivity index (χ1) is 8.54. The molecule has 0 fully saturated rings. The summed E-state index contributed by atoms with van der Waals surface area (Å²) < 4.78 is 0. The van der Waals surface area contributed by atoms with Gasteiger partial charge < -0.3 is 15.7 Å². The summed E-state index contributed by atoms with van der Waals surface area (Å²) in [5, 5.41) is 15.3. The van der Waals surface area contributed by atoms with Crippen LogP contribution >= 0.6 is 11.6 Å². The number of aliphatic hydroxyl groups excluding tert-OH is 1. The van der Waals surface area contributed by atoms with Gasteiger partial charge in [0, 0.05) is 6.54 Å². The van der Waals surface area contributed by atoms with Gasteiger partial charge in [-0.2, -0.15) is 0 Å². The lowest BCUT2D eigenvalue weighted by atomic mass is 10.2. The minimum atomic E-state index is -0.368. The number of carbonyl (C=O) groups is 1. The molecule has 100 valence electrons. The van der Waals surface area contributed by atoms with Crippen molar-refractivity contribution in [1.29, 1.82) is 0 Å². The van der Waals surface area contributed by atoms with Crippen molar-refractivity contribution in [1.82, 2.24) is 5.32 Å². The molecule has 0 bridgehead atoms. The van der Waals surface area contributed by atoms with Crippen LogP contribution in [0.2, 0.25) is 5.02 Å².